The van der Waals surface area contributed by atoms with E-state index >= 15 is 0 Å². The number of ether oxygens (including phenoxy) is 3. The maximum absolute atomic E-state index is 12.8. The van der Waals surface area contributed by atoms with Gasteiger partial charge in [-0.1, -0.05) is 189 Å². The zero-order chi connectivity index (χ0) is 49.9. The minimum Gasteiger partial charge on any atom is -0.462 e. The first-order valence-electron chi connectivity index (χ1n) is 26.5. The first kappa shape index (κ1) is 64.7. The lowest BCUT2D eigenvalue weighted by molar-refractivity contribution is -0.161. The fourth-order valence-corrected chi connectivity index (χ4v) is 7.61. The van der Waals surface area contributed by atoms with Crippen molar-refractivity contribution in [3.8, 4) is 0 Å². The van der Waals surface area contributed by atoms with Crippen LogP contribution in [0.25, 0.3) is 0 Å². The van der Waals surface area contributed by atoms with E-state index in [1.165, 1.54) is 32.1 Å². The molecule has 3 unspecified atom stereocenters. The molecule has 0 aromatic heterocycles. The molecule has 0 bridgehead atoms. The van der Waals surface area contributed by atoms with E-state index in [4.69, 9.17) is 23.3 Å². The molecule has 0 aromatic carbocycles. The lowest BCUT2D eigenvalue weighted by Crippen LogP contribution is -2.30. The van der Waals surface area contributed by atoms with Crippen molar-refractivity contribution in [2.45, 2.75) is 226 Å². The topological polar surface area (TPSA) is 155 Å². The molecule has 2 N–H and O–H groups in total. The number of hydrogen-bond acceptors (Lipinski definition) is 10. The van der Waals surface area contributed by atoms with Crippen molar-refractivity contribution in [3.63, 3.8) is 0 Å². The van der Waals surface area contributed by atoms with E-state index in [-0.39, 0.29) is 25.9 Å². The molecule has 0 saturated heterocycles. The molecule has 0 aliphatic heterocycles. The van der Waals surface area contributed by atoms with E-state index < -0.39 is 57.8 Å². The molecule has 3 atom stereocenters. The van der Waals surface area contributed by atoms with Crippen LogP contribution in [0.4, 0.5) is 0 Å². The molecule has 0 heterocycles. The molecule has 11 nitrogen and oxygen atoms in total. The van der Waals surface area contributed by atoms with Crippen LogP contribution in [-0.2, 0) is 42.2 Å². The molecule has 68 heavy (non-hydrogen) atoms. The summed E-state index contributed by atoms with van der Waals surface area (Å²) in [5.74, 6) is -1.52. The van der Waals surface area contributed by atoms with E-state index in [0.29, 0.717) is 19.3 Å². The van der Waals surface area contributed by atoms with Gasteiger partial charge < -0.3 is 24.2 Å². The summed E-state index contributed by atoms with van der Waals surface area (Å²) < 4.78 is 39.3. The Morgan fingerprint density at radius 2 is 0.765 bits per heavy atom. The molecular formula is C56H95O11P. The molecule has 0 spiro atoms. The van der Waals surface area contributed by atoms with Gasteiger partial charge >= 0.3 is 25.7 Å². The van der Waals surface area contributed by atoms with Crippen LogP contribution in [0.1, 0.15) is 213 Å². The third kappa shape index (κ3) is 47.7. The van der Waals surface area contributed by atoms with Gasteiger partial charge in [0.25, 0.3) is 0 Å². The molecule has 0 amide bonds. The van der Waals surface area contributed by atoms with Crippen LogP contribution in [0.15, 0.2) is 85.1 Å². The summed E-state index contributed by atoms with van der Waals surface area (Å²) in [6, 6.07) is 0. The lowest BCUT2D eigenvalue weighted by atomic mass is 10.1. The van der Waals surface area contributed by atoms with Crippen LogP contribution >= 0.6 is 7.82 Å². The second kappa shape index (κ2) is 50.1. The average molecular weight is 975 g/mol. The van der Waals surface area contributed by atoms with Crippen molar-refractivity contribution < 1.29 is 52.2 Å². The highest BCUT2D eigenvalue weighted by molar-refractivity contribution is 7.47. The molecule has 0 aliphatic rings. The van der Waals surface area contributed by atoms with E-state index in [1.807, 2.05) is 0 Å². The Kier molecular flexibility index (Phi) is 47.6. The molecule has 0 aromatic rings. The first-order valence-corrected chi connectivity index (χ1v) is 28.0. The van der Waals surface area contributed by atoms with Gasteiger partial charge in [0.1, 0.15) is 12.7 Å². The number of aliphatic hydroxyl groups excluding tert-OH is 1. The van der Waals surface area contributed by atoms with Crippen LogP contribution in [0.3, 0.4) is 0 Å². The highest BCUT2D eigenvalue weighted by Crippen LogP contribution is 2.43. The molecule has 0 saturated carbocycles. The maximum atomic E-state index is 12.8. The summed E-state index contributed by atoms with van der Waals surface area (Å²) in [6.45, 7) is 4.32. The third-order valence-corrected chi connectivity index (χ3v) is 11.8. The highest BCUT2D eigenvalue weighted by atomic mass is 31.2. The normalized spacial score (nSPS) is 14.1. The molecule has 0 aliphatic carbocycles. The number of carbonyl (C=O) groups is 3. The average Bonchev–Trinajstić information content (AvgIpc) is 3.32. The number of allylic oxidation sites excluding steroid dienone is 14. The largest absolute Gasteiger partial charge is 0.472 e. The van der Waals surface area contributed by atoms with Gasteiger partial charge in [0.15, 0.2) is 6.10 Å². The highest BCUT2D eigenvalue weighted by Gasteiger charge is 2.28. The third-order valence-electron chi connectivity index (χ3n) is 10.8. The van der Waals surface area contributed by atoms with Gasteiger partial charge in [-0.3, -0.25) is 23.4 Å². The summed E-state index contributed by atoms with van der Waals surface area (Å²) in [5, 5.41) is 9.77. The van der Waals surface area contributed by atoms with Gasteiger partial charge in [0.2, 0.25) is 0 Å². The summed E-state index contributed by atoms with van der Waals surface area (Å²) in [5.41, 5.74) is 0. The monoisotopic (exact) mass is 975 g/mol. The summed E-state index contributed by atoms with van der Waals surface area (Å²) in [6.07, 6.45) is 55.6. The minimum atomic E-state index is -4.75. The second-order valence-electron chi connectivity index (χ2n) is 17.3. The Morgan fingerprint density at radius 3 is 1.19 bits per heavy atom. The van der Waals surface area contributed by atoms with Crippen molar-refractivity contribution in [1.82, 2.24) is 0 Å². The lowest BCUT2D eigenvalue weighted by Gasteiger charge is -2.21. The van der Waals surface area contributed by atoms with Crippen LogP contribution in [0.5, 0.6) is 0 Å². The number of phosphoric acid groups is 1. The number of phosphoric ester groups is 1. The van der Waals surface area contributed by atoms with Crippen molar-refractivity contribution in [2.75, 3.05) is 26.4 Å². The zero-order valence-electron chi connectivity index (χ0n) is 42.8. The Hall–Kier alpha value is -3.34. The number of rotatable bonds is 48. The Labute approximate surface area is 413 Å². The number of unbranched alkanes of at least 4 members (excludes halogenated alkanes) is 17. The SMILES string of the molecule is CC/C=C\C/C=C\C/C=C\C/C=C\CCCCCCCCC(=O)OC(COC(=O)CCCCCCCCCCC)COP(=O)(O)OCC(CO)OC(=O)CCCCC/C=C\C/C=C\C/C=C\CC. The standard InChI is InChI=1S/C56H95O11P/c1-4-7-10-13-16-19-21-23-24-25-26-27-28-30-32-35-38-41-44-47-56(60)67-53(49-63-54(58)45-42-39-36-33-18-15-12-9-6-3)51-65-68(61,62)64-50-52(48-57)66-55(59)46-43-40-37-34-31-29-22-20-17-14-11-8-5-2/h7-8,10-11,16-17,19-20,23-24,26-27,29,31,52-53,57H,4-6,9,12-15,18,21-22,25,28,30,32-51H2,1-3H3,(H,61,62)/b10-7-,11-8-,19-16-,20-17-,24-23-,27-26-,31-29-. The predicted octanol–water partition coefficient (Wildman–Crippen LogP) is 15.1. The fourth-order valence-electron chi connectivity index (χ4n) is 6.83. The number of aliphatic hydroxyl groups is 1. The van der Waals surface area contributed by atoms with Crippen molar-refractivity contribution in [3.05, 3.63) is 85.1 Å². The second-order valence-corrected chi connectivity index (χ2v) is 18.7. The maximum Gasteiger partial charge on any atom is 0.472 e. The van der Waals surface area contributed by atoms with Crippen LogP contribution in [0.2, 0.25) is 0 Å². The molecule has 390 valence electrons. The van der Waals surface area contributed by atoms with Gasteiger partial charge in [-0.15, -0.1) is 0 Å². The Bertz CT molecular complexity index is 1460. The number of carbonyl (C=O) groups excluding carboxylic acids is 3. The summed E-state index contributed by atoms with van der Waals surface area (Å²) in [7, 11) is -4.75. The smallest absolute Gasteiger partial charge is 0.462 e. The molecule has 12 heteroatoms. The van der Waals surface area contributed by atoms with E-state index in [9.17, 15) is 28.9 Å². The molecule has 0 rings (SSSR count). The van der Waals surface area contributed by atoms with Gasteiger partial charge in [-0.2, -0.15) is 0 Å². The Morgan fingerprint density at radius 1 is 0.426 bits per heavy atom. The van der Waals surface area contributed by atoms with E-state index in [2.05, 4.69) is 106 Å². The Balaban J connectivity index is 4.73. The molecular weight excluding hydrogens is 880 g/mol. The minimum absolute atomic E-state index is 0.139. The van der Waals surface area contributed by atoms with Crippen LogP contribution in [0, 0.1) is 0 Å². The number of esters is 3. The van der Waals surface area contributed by atoms with Crippen LogP contribution < -0.4 is 0 Å². The van der Waals surface area contributed by atoms with Gasteiger partial charge in [0.05, 0.1) is 19.8 Å². The number of hydrogen-bond donors (Lipinski definition) is 2. The van der Waals surface area contributed by atoms with Crippen molar-refractivity contribution in [2.24, 2.45) is 0 Å². The summed E-state index contributed by atoms with van der Waals surface area (Å²) >= 11 is 0. The molecule has 0 fully saturated rings. The molecule has 0 radical (unpaired) electrons. The van der Waals surface area contributed by atoms with E-state index in [1.54, 1.807) is 0 Å². The first-order chi connectivity index (χ1) is 33.2. The zero-order valence-corrected chi connectivity index (χ0v) is 43.7. The van der Waals surface area contributed by atoms with Gasteiger partial charge in [0, 0.05) is 19.3 Å². The quantitative estimate of drug-likeness (QED) is 0.0197. The van der Waals surface area contributed by atoms with Crippen LogP contribution in [-0.4, -0.2) is 66.5 Å². The van der Waals surface area contributed by atoms with E-state index in [0.717, 1.165) is 122 Å². The van der Waals surface area contributed by atoms with Gasteiger partial charge in [-0.25, -0.2) is 4.57 Å². The summed E-state index contributed by atoms with van der Waals surface area (Å²) in [4.78, 5) is 48.3. The fraction of sp³-hybridized carbons (Fsp3) is 0.696. The van der Waals surface area contributed by atoms with Crippen molar-refractivity contribution >= 4 is 25.7 Å². The van der Waals surface area contributed by atoms with Gasteiger partial charge in [-0.05, 0) is 89.9 Å². The predicted molar refractivity (Wildman–Crippen MR) is 279 cm³/mol. The van der Waals surface area contributed by atoms with Crippen molar-refractivity contribution in [1.29, 1.82) is 0 Å².